The molecule has 0 aliphatic carbocycles. The molecule has 0 saturated carbocycles. The number of aliphatic hydroxyl groups is 1. The molecule has 5 nitrogen and oxygen atoms in total. The summed E-state index contributed by atoms with van der Waals surface area (Å²) < 4.78 is 0. The van der Waals surface area contributed by atoms with Gasteiger partial charge in [-0.25, -0.2) is 0 Å². The predicted octanol–water partition coefficient (Wildman–Crippen LogP) is 1.63. The summed E-state index contributed by atoms with van der Waals surface area (Å²) in [6.07, 6.45) is 0.543. The van der Waals surface area contributed by atoms with Crippen molar-refractivity contribution in [2.75, 3.05) is 32.8 Å². The molecule has 130 valence electrons. The first-order valence-corrected chi connectivity index (χ1v) is 8.68. The van der Waals surface area contributed by atoms with Crippen LogP contribution in [0.4, 0.5) is 0 Å². The van der Waals surface area contributed by atoms with E-state index in [-0.39, 0.29) is 29.8 Å². The fourth-order valence-corrected chi connectivity index (χ4v) is 3.99. The first-order chi connectivity index (χ1) is 11.4. The molecular formula is C19H26N2O3. The molecule has 1 aromatic rings. The van der Waals surface area contributed by atoms with Crippen LogP contribution in [0.5, 0.6) is 0 Å². The Hall–Kier alpha value is -1.88. The van der Waals surface area contributed by atoms with Crippen molar-refractivity contribution in [1.29, 1.82) is 0 Å². The lowest BCUT2D eigenvalue weighted by Crippen LogP contribution is -2.40. The molecule has 2 aliphatic heterocycles. The molecule has 2 fully saturated rings. The molecule has 2 saturated heterocycles. The van der Waals surface area contributed by atoms with Gasteiger partial charge in [0.1, 0.15) is 0 Å². The van der Waals surface area contributed by atoms with Gasteiger partial charge in [0.15, 0.2) is 0 Å². The van der Waals surface area contributed by atoms with E-state index < -0.39 is 0 Å². The molecule has 5 heteroatoms. The van der Waals surface area contributed by atoms with Gasteiger partial charge < -0.3 is 14.9 Å². The molecule has 2 aliphatic rings. The molecule has 1 aromatic carbocycles. The molecule has 0 bridgehead atoms. The topological polar surface area (TPSA) is 60.9 Å². The van der Waals surface area contributed by atoms with Crippen LogP contribution < -0.4 is 0 Å². The number of nitrogens with zero attached hydrogens (tertiary/aromatic N) is 2. The number of benzene rings is 1. The Labute approximate surface area is 143 Å². The van der Waals surface area contributed by atoms with Crippen LogP contribution in [0.2, 0.25) is 0 Å². The summed E-state index contributed by atoms with van der Waals surface area (Å²) in [5.74, 6) is 0.663. The zero-order chi connectivity index (χ0) is 17.3. The SMILES string of the molecule is CC(C)CC(=O)N1C[C@H]2CN(C(=O)c3ccccc3)C[C@@]2(CO)C1. The van der Waals surface area contributed by atoms with Gasteiger partial charge in [0.2, 0.25) is 5.91 Å². The van der Waals surface area contributed by atoms with Crippen LogP contribution >= 0.6 is 0 Å². The Bertz CT molecular complexity index is 616. The number of aliphatic hydroxyl groups excluding tert-OH is 1. The highest BCUT2D eigenvalue weighted by Crippen LogP contribution is 2.42. The first-order valence-electron chi connectivity index (χ1n) is 8.68. The summed E-state index contributed by atoms with van der Waals surface area (Å²) in [5.41, 5.74) is 0.315. The Kier molecular flexibility index (Phi) is 4.63. The summed E-state index contributed by atoms with van der Waals surface area (Å²) in [6.45, 7) is 6.42. The zero-order valence-electron chi connectivity index (χ0n) is 14.4. The largest absolute Gasteiger partial charge is 0.396 e. The number of fused-ring (bicyclic) bond motifs is 1. The Morgan fingerprint density at radius 1 is 1.17 bits per heavy atom. The van der Waals surface area contributed by atoms with Gasteiger partial charge in [0.25, 0.3) is 5.91 Å². The molecular weight excluding hydrogens is 304 g/mol. The van der Waals surface area contributed by atoms with E-state index in [1.54, 1.807) is 0 Å². The molecule has 0 aromatic heterocycles. The number of rotatable bonds is 4. The maximum atomic E-state index is 12.7. The van der Waals surface area contributed by atoms with Gasteiger partial charge in [0.05, 0.1) is 6.61 Å². The monoisotopic (exact) mass is 330 g/mol. The van der Waals surface area contributed by atoms with Crippen molar-refractivity contribution in [3.63, 3.8) is 0 Å². The van der Waals surface area contributed by atoms with E-state index >= 15 is 0 Å². The van der Waals surface area contributed by atoms with Crippen LogP contribution in [0.15, 0.2) is 30.3 Å². The summed E-state index contributed by atoms with van der Waals surface area (Å²) >= 11 is 0. The van der Waals surface area contributed by atoms with Crippen LogP contribution in [-0.2, 0) is 4.79 Å². The van der Waals surface area contributed by atoms with Crippen molar-refractivity contribution in [2.45, 2.75) is 20.3 Å². The van der Waals surface area contributed by atoms with Gasteiger partial charge in [-0.05, 0) is 18.1 Å². The second-order valence-electron chi connectivity index (χ2n) is 7.64. The predicted molar refractivity (Wildman–Crippen MR) is 91.4 cm³/mol. The summed E-state index contributed by atoms with van der Waals surface area (Å²) in [7, 11) is 0. The average Bonchev–Trinajstić information content (AvgIpc) is 3.09. The number of amides is 2. The molecule has 2 heterocycles. The van der Waals surface area contributed by atoms with E-state index in [0.717, 1.165) is 0 Å². The molecule has 0 radical (unpaired) electrons. The highest BCUT2D eigenvalue weighted by atomic mass is 16.3. The van der Waals surface area contributed by atoms with Crippen molar-refractivity contribution in [1.82, 2.24) is 9.80 Å². The number of carbonyl (C=O) groups is 2. The van der Waals surface area contributed by atoms with Gasteiger partial charge in [-0.3, -0.25) is 9.59 Å². The molecule has 24 heavy (non-hydrogen) atoms. The van der Waals surface area contributed by atoms with Gasteiger partial charge in [-0.2, -0.15) is 0 Å². The van der Waals surface area contributed by atoms with Crippen molar-refractivity contribution in [3.05, 3.63) is 35.9 Å². The highest BCUT2D eigenvalue weighted by Gasteiger charge is 2.54. The zero-order valence-corrected chi connectivity index (χ0v) is 14.4. The second-order valence-corrected chi connectivity index (χ2v) is 7.64. The van der Waals surface area contributed by atoms with Crippen LogP contribution in [0, 0.1) is 17.3 Å². The van der Waals surface area contributed by atoms with E-state index in [2.05, 4.69) is 0 Å². The Morgan fingerprint density at radius 3 is 2.38 bits per heavy atom. The van der Waals surface area contributed by atoms with Crippen LogP contribution in [0.1, 0.15) is 30.6 Å². The quantitative estimate of drug-likeness (QED) is 0.913. The molecule has 3 rings (SSSR count). The third kappa shape index (κ3) is 3.05. The van der Waals surface area contributed by atoms with Crippen molar-refractivity contribution < 1.29 is 14.7 Å². The molecule has 0 spiro atoms. The lowest BCUT2D eigenvalue weighted by molar-refractivity contribution is -0.131. The number of likely N-dealkylation sites (tertiary alicyclic amines) is 2. The minimum Gasteiger partial charge on any atom is -0.396 e. The first kappa shape index (κ1) is 17.0. The van der Waals surface area contributed by atoms with Gasteiger partial charge in [-0.1, -0.05) is 32.0 Å². The third-order valence-corrected chi connectivity index (χ3v) is 5.32. The minimum absolute atomic E-state index is 0.0119. The van der Waals surface area contributed by atoms with Gasteiger partial charge >= 0.3 is 0 Å². The van der Waals surface area contributed by atoms with Crippen molar-refractivity contribution >= 4 is 11.8 Å². The minimum atomic E-state index is -0.364. The molecule has 2 amide bonds. The number of hydrogen-bond donors (Lipinski definition) is 1. The van der Waals surface area contributed by atoms with E-state index in [1.165, 1.54) is 0 Å². The van der Waals surface area contributed by atoms with Crippen molar-refractivity contribution in [3.8, 4) is 0 Å². The lowest BCUT2D eigenvalue weighted by Gasteiger charge is -2.27. The molecule has 0 unspecified atom stereocenters. The van der Waals surface area contributed by atoms with E-state index in [9.17, 15) is 14.7 Å². The van der Waals surface area contributed by atoms with E-state index in [4.69, 9.17) is 0 Å². The third-order valence-electron chi connectivity index (χ3n) is 5.32. The smallest absolute Gasteiger partial charge is 0.253 e. The van der Waals surface area contributed by atoms with Crippen molar-refractivity contribution in [2.24, 2.45) is 17.3 Å². The summed E-state index contributed by atoms with van der Waals surface area (Å²) in [4.78, 5) is 28.7. The van der Waals surface area contributed by atoms with Gasteiger partial charge in [-0.15, -0.1) is 0 Å². The van der Waals surface area contributed by atoms with E-state index in [1.807, 2.05) is 54.0 Å². The van der Waals surface area contributed by atoms with Crippen LogP contribution in [0.25, 0.3) is 0 Å². The normalized spacial score (nSPS) is 26.1. The molecule has 1 N–H and O–H groups in total. The summed E-state index contributed by atoms with van der Waals surface area (Å²) in [5, 5.41) is 10.0. The highest BCUT2D eigenvalue weighted by molar-refractivity contribution is 5.94. The maximum absolute atomic E-state index is 12.7. The lowest BCUT2D eigenvalue weighted by atomic mass is 9.82. The number of hydrogen-bond acceptors (Lipinski definition) is 3. The van der Waals surface area contributed by atoms with Gasteiger partial charge in [0, 0.05) is 49.5 Å². The molecule has 2 atom stereocenters. The standard InChI is InChI=1S/C19H26N2O3/c1-14(2)8-17(23)20-9-16-10-21(12-19(16,11-20)13-22)18(24)15-6-4-3-5-7-15/h3-7,14,16,22H,8-13H2,1-2H3/t16-,19+/m0/s1. The maximum Gasteiger partial charge on any atom is 0.253 e. The average molecular weight is 330 g/mol. The number of carbonyl (C=O) groups excluding carboxylic acids is 2. The summed E-state index contributed by atoms with van der Waals surface area (Å²) in [6, 6.07) is 9.25. The fourth-order valence-electron chi connectivity index (χ4n) is 3.99. The van der Waals surface area contributed by atoms with Crippen LogP contribution in [-0.4, -0.2) is 59.5 Å². The van der Waals surface area contributed by atoms with Crippen LogP contribution in [0.3, 0.4) is 0 Å². The van der Waals surface area contributed by atoms with E-state index in [0.29, 0.717) is 44.1 Å². The fraction of sp³-hybridized carbons (Fsp3) is 0.579. The second kappa shape index (κ2) is 6.55. The Morgan fingerprint density at radius 2 is 1.79 bits per heavy atom. The Balaban J connectivity index is 1.70.